The van der Waals surface area contributed by atoms with Gasteiger partial charge in [0.2, 0.25) is 0 Å². The third-order valence-corrected chi connectivity index (χ3v) is 2.72. The highest BCUT2D eigenvalue weighted by Crippen LogP contribution is 2.37. The Balaban J connectivity index is 2.56. The van der Waals surface area contributed by atoms with Crippen LogP contribution in [-0.4, -0.2) is 11.9 Å². The van der Waals surface area contributed by atoms with Crippen LogP contribution in [0.4, 0.5) is 31.1 Å². The fourth-order valence-electron chi connectivity index (χ4n) is 1.80. The normalized spacial score (nSPS) is 19.4. The van der Waals surface area contributed by atoms with E-state index in [2.05, 4.69) is 0 Å². The molecule has 1 atom stereocenters. The fourth-order valence-corrected chi connectivity index (χ4v) is 1.80. The number of nitrogens with one attached hydrogen (secondary N) is 2. The lowest BCUT2D eigenvalue weighted by atomic mass is 9.99. The maximum Gasteiger partial charge on any atom is 0.416 e. The van der Waals surface area contributed by atoms with E-state index >= 15 is 0 Å². The summed E-state index contributed by atoms with van der Waals surface area (Å²) in [6.45, 7) is 0. The zero-order chi connectivity index (χ0) is 16.0. The first-order valence-electron chi connectivity index (χ1n) is 5.39. The molecule has 3 amide bonds. The topological polar surface area (TPSA) is 58.2 Å². The molecular formula is C11H6F6N2O2. The van der Waals surface area contributed by atoms with E-state index in [1.54, 1.807) is 5.32 Å². The monoisotopic (exact) mass is 312 g/mol. The third kappa shape index (κ3) is 3.09. The lowest BCUT2D eigenvalue weighted by Crippen LogP contribution is -2.22. The molecule has 0 aliphatic carbocycles. The van der Waals surface area contributed by atoms with E-state index in [1.807, 2.05) is 5.32 Å². The van der Waals surface area contributed by atoms with Gasteiger partial charge in [0.15, 0.2) is 0 Å². The van der Waals surface area contributed by atoms with E-state index in [0.717, 1.165) is 0 Å². The van der Waals surface area contributed by atoms with E-state index in [0.29, 0.717) is 12.1 Å². The minimum absolute atomic E-state index is 0.0574. The number of amides is 3. The molecule has 114 valence electrons. The number of hydrogen-bond acceptors (Lipinski definition) is 2. The zero-order valence-electron chi connectivity index (χ0n) is 9.89. The Morgan fingerprint density at radius 3 is 1.67 bits per heavy atom. The maximum absolute atomic E-state index is 12.6. The summed E-state index contributed by atoms with van der Waals surface area (Å²) >= 11 is 0. The van der Waals surface area contributed by atoms with Gasteiger partial charge in [0, 0.05) is 0 Å². The minimum atomic E-state index is -5.02. The molecule has 1 aliphatic heterocycles. The van der Waals surface area contributed by atoms with Gasteiger partial charge < -0.3 is 5.32 Å². The van der Waals surface area contributed by atoms with Crippen LogP contribution in [0.25, 0.3) is 0 Å². The molecule has 0 bridgehead atoms. The SMILES string of the molecule is O=C1NC(=O)C(c2cc(C(F)(F)F)cc(C(F)(F)F)c2)N1. The number of carbonyl (C=O) groups excluding carboxylic acids is 2. The van der Waals surface area contributed by atoms with E-state index in [4.69, 9.17) is 0 Å². The van der Waals surface area contributed by atoms with Gasteiger partial charge in [-0.2, -0.15) is 26.3 Å². The second kappa shape index (κ2) is 4.64. The van der Waals surface area contributed by atoms with Crippen molar-refractivity contribution in [3.8, 4) is 0 Å². The van der Waals surface area contributed by atoms with Gasteiger partial charge in [0.1, 0.15) is 6.04 Å². The maximum atomic E-state index is 12.6. The second-order valence-corrected chi connectivity index (χ2v) is 4.23. The van der Waals surface area contributed by atoms with E-state index in [9.17, 15) is 35.9 Å². The van der Waals surface area contributed by atoms with Gasteiger partial charge >= 0.3 is 18.4 Å². The Labute approximate surface area is 113 Å². The number of carbonyl (C=O) groups is 2. The molecule has 21 heavy (non-hydrogen) atoms. The van der Waals surface area contributed by atoms with Crippen molar-refractivity contribution in [3.05, 3.63) is 34.9 Å². The van der Waals surface area contributed by atoms with Crippen LogP contribution < -0.4 is 10.6 Å². The highest BCUT2D eigenvalue weighted by molar-refractivity contribution is 6.04. The lowest BCUT2D eigenvalue weighted by Gasteiger charge is -2.16. The van der Waals surface area contributed by atoms with Crippen LogP contribution in [0.1, 0.15) is 22.7 Å². The van der Waals surface area contributed by atoms with Crippen LogP contribution in [-0.2, 0) is 17.1 Å². The molecule has 1 aromatic carbocycles. The van der Waals surface area contributed by atoms with Crippen LogP contribution in [0.5, 0.6) is 0 Å². The van der Waals surface area contributed by atoms with Crippen molar-refractivity contribution in [1.29, 1.82) is 0 Å². The van der Waals surface area contributed by atoms with E-state index in [-0.39, 0.29) is 6.07 Å². The average molecular weight is 312 g/mol. The number of urea groups is 1. The zero-order valence-corrected chi connectivity index (χ0v) is 9.89. The number of hydrogen-bond donors (Lipinski definition) is 2. The van der Waals surface area contributed by atoms with Crippen LogP contribution in [0.15, 0.2) is 18.2 Å². The Morgan fingerprint density at radius 1 is 0.857 bits per heavy atom. The Morgan fingerprint density at radius 2 is 1.33 bits per heavy atom. The Bertz CT molecular complexity index is 575. The molecule has 2 rings (SSSR count). The van der Waals surface area contributed by atoms with Gasteiger partial charge in [0.25, 0.3) is 5.91 Å². The predicted octanol–water partition coefficient (Wildman–Crippen LogP) is 2.60. The summed E-state index contributed by atoms with van der Waals surface area (Å²) in [6, 6.07) is -1.86. The van der Waals surface area contributed by atoms with Gasteiger partial charge in [-0.3, -0.25) is 10.1 Å². The van der Waals surface area contributed by atoms with Crippen molar-refractivity contribution >= 4 is 11.9 Å². The third-order valence-electron chi connectivity index (χ3n) is 2.72. The molecule has 0 aromatic heterocycles. The summed E-state index contributed by atoms with van der Waals surface area (Å²) in [5, 5.41) is 3.67. The first kappa shape index (κ1) is 15.1. The molecule has 0 saturated carbocycles. The average Bonchev–Trinajstić information content (AvgIpc) is 2.65. The van der Waals surface area contributed by atoms with Crippen molar-refractivity contribution in [2.24, 2.45) is 0 Å². The van der Waals surface area contributed by atoms with Crippen LogP contribution >= 0.6 is 0 Å². The minimum Gasteiger partial charge on any atom is -0.322 e. The highest BCUT2D eigenvalue weighted by Gasteiger charge is 2.39. The number of benzene rings is 1. The first-order valence-corrected chi connectivity index (χ1v) is 5.39. The van der Waals surface area contributed by atoms with Crippen LogP contribution in [0.3, 0.4) is 0 Å². The summed E-state index contributed by atoms with van der Waals surface area (Å²) in [5.74, 6) is -1.02. The van der Waals surface area contributed by atoms with Crippen LogP contribution in [0, 0.1) is 0 Å². The molecule has 2 N–H and O–H groups in total. The molecule has 10 heteroatoms. The largest absolute Gasteiger partial charge is 0.416 e. The van der Waals surface area contributed by atoms with Gasteiger partial charge in [-0.1, -0.05) is 0 Å². The lowest BCUT2D eigenvalue weighted by molar-refractivity contribution is -0.143. The number of alkyl halides is 6. The Hall–Kier alpha value is -2.26. The number of imide groups is 1. The summed E-state index contributed by atoms with van der Waals surface area (Å²) in [7, 11) is 0. The summed E-state index contributed by atoms with van der Waals surface area (Å²) < 4.78 is 75.8. The Kier molecular flexibility index (Phi) is 3.34. The van der Waals surface area contributed by atoms with Crippen LogP contribution in [0.2, 0.25) is 0 Å². The molecule has 1 unspecified atom stereocenters. The summed E-state index contributed by atoms with van der Waals surface area (Å²) in [5.41, 5.74) is -3.71. The molecular weight excluding hydrogens is 306 g/mol. The standard InChI is InChI=1S/C11H6F6N2O2/c12-10(13,14)5-1-4(2-6(3-5)11(15,16)17)7-8(20)19-9(21)18-7/h1-3,7H,(H2,18,19,20,21). The van der Waals surface area contributed by atoms with Gasteiger partial charge in [-0.15, -0.1) is 0 Å². The van der Waals surface area contributed by atoms with Crippen molar-refractivity contribution in [2.75, 3.05) is 0 Å². The summed E-state index contributed by atoms with van der Waals surface area (Å²) in [4.78, 5) is 22.3. The predicted molar refractivity (Wildman–Crippen MR) is 55.9 cm³/mol. The molecule has 0 spiro atoms. The molecule has 4 nitrogen and oxygen atoms in total. The van der Waals surface area contributed by atoms with Crippen molar-refractivity contribution in [2.45, 2.75) is 18.4 Å². The second-order valence-electron chi connectivity index (χ2n) is 4.23. The van der Waals surface area contributed by atoms with Gasteiger partial charge in [-0.05, 0) is 23.8 Å². The first-order chi connectivity index (χ1) is 9.48. The van der Waals surface area contributed by atoms with E-state index < -0.39 is 47.0 Å². The van der Waals surface area contributed by atoms with Crippen molar-refractivity contribution < 1.29 is 35.9 Å². The van der Waals surface area contributed by atoms with E-state index in [1.165, 1.54) is 0 Å². The van der Waals surface area contributed by atoms with Gasteiger partial charge in [-0.25, -0.2) is 4.79 Å². The molecule has 1 aromatic rings. The van der Waals surface area contributed by atoms with Crippen molar-refractivity contribution in [3.63, 3.8) is 0 Å². The van der Waals surface area contributed by atoms with Crippen molar-refractivity contribution in [1.82, 2.24) is 10.6 Å². The number of rotatable bonds is 1. The molecule has 1 aliphatic rings. The fraction of sp³-hybridized carbons (Fsp3) is 0.273. The highest BCUT2D eigenvalue weighted by atomic mass is 19.4. The number of halogens is 6. The molecule has 0 radical (unpaired) electrons. The van der Waals surface area contributed by atoms with Gasteiger partial charge in [0.05, 0.1) is 11.1 Å². The molecule has 1 saturated heterocycles. The molecule has 1 fully saturated rings. The smallest absolute Gasteiger partial charge is 0.322 e. The summed E-state index contributed by atoms with van der Waals surface area (Å²) in [6.07, 6.45) is -10.0. The quantitative estimate of drug-likeness (QED) is 0.618. The molecule has 1 heterocycles.